The summed E-state index contributed by atoms with van der Waals surface area (Å²) >= 11 is 5.87. The van der Waals surface area contributed by atoms with Crippen LogP contribution in [-0.4, -0.2) is 64.9 Å². The minimum Gasteiger partial charge on any atom is -0.492 e. The highest BCUT2D eigenvalue weighted by atomic mass is 35.5. The van der Waals surface area contributed by atoms with Crippen LogP contribution in [0.25, 0.3) is 0 Å². The molecule has 0 aliphatic heterocycles. The van der Waals surface area contributed by atoms with Crippen LogP contribution in [0.15, 0.2) is 58.4 Å². The molecule has 0 saturated carbocycles. The Balaban J connectivity index is 1.85. The Hall–Kier alpha value is -2.29. The highest BCUT2D eigenvalue weighted by Gasteiger charge is 2.16. The van der Waals surface area contributed by atoms with Crippen LogP contribution in [0.5, 0.6) is 5.75 Å². The van der Waals surface area contributed by atoms with E-state index >= 15 is 0 Å². The van der Waals surface area contributed by atoms with Crippen LogP contribution in [-0.2, 0) is 16.6 Å². The highest BCUT2D eigenvalue weighted by molar-refractivity contribution is 7.89. The van der Waals surface area contributed by atoms with Crippen molar-refractivity contribution in [2.45, 2.75) is 11.4 Å². The summed E-state index contributed by atoms with van der Waals surface area (Å²) < 4.78 is 31.2. The van der Waals surface area contributed by atoms with Crippen molar-refractivity contribution in [1.82, 2.24) is 14.5 Å². The van der Waals surface area contributed by atoms with E-state index in [1.807, 2.05) is 24.1 Å². The van der Waals surface area contributed by atoms with Crippen LogP contribution in [0.4, 0.5) is 0 Å². The zero-order valence-electron chi connectivity index (χ0n) is 17.1. The van der Waals surface area contributed by atoms with E-state index in [1.165, 1.54) is 18.4 Å². The van der Waals surface area contributed by atoms with E-state index in [0.717, 1.165) is 17.3 Å². The van der Waals surface area contributed by atoms with Gasteiger partial charge in [-0.15, -0.1) is 0 Å². The molecule has 9 heteroatoms. The molecule has 0 aromatic heterocycles. The number of benzene rings is 2. The number of aliphatic imine (C=N–C) groups is 1. The van der Waals surface area contributed by atoms with Crippen LogP contribution < -0.4 is 10.1 Å². The third-order valence-corrected chi connectivity index (χ3v) is 6.32. The molecule has 29 heavy (non-hydrogen) atoms. The second kappa shape index (κ2) is 10.5. The Morgan fingerprint density at radius 1 is 1.07 bits per heavy atom. The van der Waals surface area contributed by atoms with Crippen molar-refractivity contribution >= 4 is 27.6 Å². The van der Waals surface area contributed by atoms with Crippen molar-refractivity contribution in [3.63, 3.8) is 0 Å². The van der Waals surface area contributed by atoms with Gasteiger partial charge in [0.1, 0.15) is 12.4 Å². The van der Waals surface area contributed by atoms with Crippen molar-refractivity contribution in [2.75, 3.05) is 41.3 Å². The third kappa shape index (κ3) is 6.62. The summed E-state index contributed by atoms with van der Waals surface area (Å²) in [6.07, 6.45) is 0. The fourth-order valence-corrected chi connectivity index (χ4v) is 3.52. The van der Waals surface area contributed by atoms with Crippen LogP contribution in [0.2, 0.25) is 5.02 Å². The molecule has 0 aliphatic carbocycles. The predicted molar refractivity (Wildman–Crippen MR) is 117 cm³/mol. The molecule has 0 bridgehead atoms. The van der Waals surface area contributed by atoms with E-state index in [2.05, 4.69) is 10.3 Å². The molecule has 158 valence electrons. The number of ether oxygens (including phenoxy) is 1. The fourth-order valence-electron chi connectivity index (χ4n) is 2.49. The van der Waals surface area contributed by atoms with E-state index in [4.69, 9.17) is 16.3 Å². The molecule has 0 spiro atoms. The number of rotatable bonds is 8. The quantitative estimate of drug-likeness (QED) is 0.506. The Morgan fingerprint density at radius 3 is 2.24 bits per heavy atom. The van der Waals surface area contributed by atoms with Crippen LogP contribution >= 0.6 is 11.6 Å². The first-order chi connectivity index (χ1) is 13.7. The number of nitrogens with zero attached hydrogens (tertiary/aromatic N) is 3. The largest absolute Gasteiger partial charge is 0.492 e. The molecule has 2 rings (SSSR count). The summed E-state index contributed by atoms with van der Waals surface area (Å²) in [5, 5.41) is 3.94. The van der Waals surface area contributed by atoms with Crippen molar-refractivity contribution in [3.8, 4) is 5.75 Å². The summed E-state index contributed by atoms with van der Waals surface area (Å²) in [7, 11) is 3.25. The molecule has 0 amide bonds. The summed E-state index contributed by atoms with van der Waals surface area (Å²) in [5.74, 6) is 1.48. The van der Waals surface area contributed by atoms with Gasteiger partial charge in [0.15, 0.2) is 5.96 Å². The maximum Gasteiger partial charge on any atom is 0.242 e. The first-order valence-corrected chi connectivity index (χ1v) is 10.9. The molecule has 0 atom stereocenters. The number of nitrogens with one attached hydrogen (secondary N) is 1. The van der Waals surface area contributed by atoms with Crippen LogP contribution in [0, 0.1) is 0 Å². The molecule has 2 aromatic rings. The lowest BCUT2D eigenvalue weighted by atomic mass is 10.2. The SMILES string of the molecule is CN=C(NCc1ccc(S(=O)(=O)N(C)C)cc1)N(C)CCOc1ccc(Cl)cc1. The molecule has 1 N–H and O–H groups in total. The number of likely N-dealkylation sites (N-methyl/N-ethyl adjacent to an activating group) is 1. The van der Waals surface area contributed by atoms with Crippen LogP contribution in [0.3, 0.4) is 0 Å². The molecule has 0 saturated heterocycles. The first-order valence-electron chi connectivity index (χ1n) is 9.05. The van der Waals surface area contributed by atoms with Gasteiger partial charge in [-0.3, -0.25) is 4.99 Å². The van der Waals surface area contributed by atoms with Gasteiger partial charge >= 0.3 is 0 Å². The number of halogens is 1. The molecule has 0 aliphatic rings. The Labute approximate surface area is 178 Å². The van der Waals surface area contributed by atoms with Crippen molar-refractivity contribution in [2.24, 2.45) is 4.99 Å². The molecule has 0 radical (unpaired) electrons. The molecular weight excluding hydrogens is 412 g/mol. The molecule has 0 unspecified atom stereocenters. The van der Waals surface area contributed by atoms with Gasteiger partial charge in [-0.05, 0) is 42.0 Å². The van der Waals surface area contributed by atoms with Crippen molar-refractivity contribution in [1.29, 1.82) is 0 Å². The maximum absolute atomic E-state index is 12.1. The van der Waals surface area contributed by atoms with Gasteiger partial charge in [0.25, 0.3) is 0 Å². The normalized spacial score (nSPS) is 12.1. The van der Waals surface area contributed by atoms with E-state index < -0.39 is 10.0 Å². The standard InChI is InChI=1S/C20H27ClN4O3S/c1-22-20(25(4)13-14-28-18-9-7-17(21)8-10-18)23-15-16-5-11-19(12-6-16)29(26,27)24(2)3/h5-12H,13-15H2,1-4H3,(H,22,23). The second-order valence-electron chi connectivity index (χ2n) is 6.56. The minimum absolute atomic E-state index is 0.270. The summed E-state index contributed by atoms with van der Waals surface area (Å²) in [6, 6.07) is 14.0. The van der Waals surface area contributed by atoms with Gasteiger partial charge in [-0.2, -0.15) is 0 Å². The smallest absolute Gasteiger partial charge is 0.242 e. The maximum atomic E-state index is 12.1. The van der Waals surface area contributed by atoms with Crippen molar-refractivity contribution in [3.05, 3.63) is 59.1 Å². The summed E-state index contributed by atoms with van der Waals surface area (Å²) in [6.45, 7) is 1.66. The summed E-state index contributed by atoms with van der Waals surface area (Å²) in [5.41, 5.74) is 0.953. The topological polar surface area (TPSA) is 74.2 Å². The number of hydrogen-bond acceptors (Lipinski definition) is 4. The average molecular weight is 439 g/mol. The zero-order valence-corrected chi connectivity index (χ0v) is 18.7. The molecule has 0 heterocycles. The van der Waals surface area contributed by atoms with Gasteiger partial charge in [0.2, 0.25) is 10.0 Å². The average Bonchev–Trinajstić information content (AvgIpc) is 2.70. The van der Waals surface area contributed by atoms with Gasteiger partial charge in [-0.1, -0.05) is 23.7 Å². The van der Waals surface area contributed by atoms with E-state index in [9.17, 15) is 8.42 Å². The first kappa shape index (κ1) is 23.0. The number of hydrogen-bond donors (Lipinski definition) is 1. The Bertz CT molecular complexity index is 914. The lowest BCUT2D eigenvalue weighted by Crippen LogP contribution is -2.40. The Kier molecular flexibility index (Phi) is 8.31. The predicted octanol–water partition coefficient (Wildman–Crippen LogP) is 2.68. The lowest BCUT2D eigenvalue weighted by Gasteiger charge is -2.22. The third-order valence-electron chi connectivity index (χ3n) is 4.23. The van der Waals surface area contributed by atoms with Gasteiger partial charge in [0, 0.05) is 39.8 Å². The van der Waals surface area contributed by atoms with Gasteiger partial charge in [0.05, 0.1) is 11.4 Å². The number of sulfonamides is 1. The fraction of sp³-hybridized carbons (Fsp3) is 0.350. The second-order valence-corrected chi connectivity index (χ2v) is 9.14. The summed E-state index contributed by atoms with van der Waals surface area (Å²) in [4.78, 5) is 6.51. The molecule has 2 aromatic carbocycles. The van der Waals surface area contributed by atoms with E-state index in [-0.39, 0.29) is 4.90 Å². The van der Waals surface area contributed by atoms with Gasteiger partial charge in [-0.25, -0.2) is 12.7 Å². The monoisotopic (exact) mass is 438 g/mol. The van der Waals surface area contributed by atoms with Crippen molar-refractivity contribution < 1.29 is 13.2 Å². The lowest BCUT2D eigenvalue weighted by molar-refractivity contribution is 0.281. The van der Waals surface area contributed by atoms with E-state index in [1.54, 1.807) is 43.4 Å². The molecular formula is C20H27ClN4O3S. The highest BCUT2D eigenvalue weighted by Crippen LogP contribution is 2.15. The van der Waals surface area contributed by atoms with Crippen LogP contribution in [0.1, 0.15) is 5.56 Å². The zero-order chi connectivity index (χ0) is 21.4. The number of guanidine groups is 1. The Morgan fingerprint density at radius 2 is 1.69 bits per heavy atom. The van der Waals surface area contributed by atoms with Gasteiger partial charge < -0.3 is 15.0 Å². The minimum atomic E-state index is -3.42. The molecule has 7 nitrogen and oxygen atoms in total. The molecule has 0 fully saturated rings. The van der Waals surface area contributed by atoms with E-state index in [0.29, 0.717) is 24.7 Å².